The minimum Gasteiger partial charge on any atom is -0.492 e. The zero-order valence-electron chi connectivity index (χ0n) is 20.9. The SMILES string of the molecule is C=[N+]1[CH-]C=[N+](S(=O)(=O)F)[C-]1C.CC#N.NCCOc1ccccc1.O=S(=O)(F)NCCOc1ccccc1. The molecule has 2 aromatic rings. The van der Waals surface area contributed by atoms with Crippen LogP contribution >= 0.6 is 0 Å². The summed E-state index contributed by atoms with van der Waals surface area (Å²) in [7, 11) is -9.27. The summed E-state index contributed by atoms with van der Waals surface area (Å²) in [4.78, 5) is 0. The lowest BCUT2D eigenvalue weighted by Crippen LogP contribution is -2.24. The van der Waals surface area contributed by atoms with Gasteiger partial charge in [-0.2, -0.15) is 18.4 Å². The third kappa shape index (κ3) is 16.9. The van der Waals surface area contributed by atoms with Crippen molar-refractivity contribution in [1.82, 2.24) is 4.72 Å². The Morgan fingerprint density at radius 3 is 1.79 bits per heavy atom. The van der Waals surface area contributed by atoms with Crippen LogP contribution in [-0.2, 0) is 20.8 Å². The second kappa shape index (κ2) is 18.5. The highest BCUT2D eigenvalue weighted by atomic mass is 32.3. The van der Waals surface area contributed by atoms with Crippen LogP contribution in [0, 0.1) is 24.0 Å². The number of ether oxygens (including phenoxy) is 2. The fourth-order valence-corrected chi connectivity index (χ4v) is 3.20. The first kappa shape index (κ1) is 34.3. The maximum absolute atomic E-state index is 12.3. The van der Waals surface area contributed by atoms with Gasteiger partial charge in [-0.05, 0) is 31.2 Å². The molecule has 1 aliphatic rings. The van der Waals surface area contributed by atoms with Gasteiger partial charge in [-0.15, -0.1) is 12.4 Å². The maximum atomic E-state index is 12.3. The van der Waals surface area contributed by atoms with Crippen molar-refractivity contribution in [3.8, 4) is 17.6 Å². The maximum Gasteiger partial charge on any atom is 0.536 e. The molecule has 0 atom stereocenters. The standard InChI is InChI=1S/C8H10FNO3S.C8H11NO.C5H7FN2O2S.C2H3N/c9-14(11,12)10-6-7-13-8-4-2-1-3-5-8;9-6-7-10-8-4-2-1-3-5-8;1-5-7(2)3-4-8(5)11(6,9)10;1-2-3/h1-5,10H,6-7H2;1-5H,6-7,9H2;3-4H,2H2,1H3;1H3. The summed E-state index contributed by atoms with van der Waals surface area (Å²) >= 11 is 0. The number of hydrogen-bond donors (Lipinski definition) is 2. The van der Waals surface area contributed by atoms with Gasteiger partial charge in [0.25, 0.3) is 0 Å². The Hall–Kier alpha value is -3.71. The smallest absolute Gasteiger partial charge is 0.492 e. The number of nitrogens with two attached hydrogens (primary N) is 1. The summed E-state index contributed by atoms with van der Waals surface area (Å²) in [5.41, 5.74) is 5.25. The molecule has 0 spiro atoms. The second-order valence-electron chi connectivity index (χ2n) is 6.72. The van der Waals surface area contributed by atoms with Crippen LogP contribution in [0.15, 0.2) is 60.7 Å². The van der Waals surface area contributed by atoms with Crippen LogP contribution in [0.25, 0.3) is 0 Å². The first-order valence-corrected chi connectivity index (χ1v) is 13.5. The van der Waals surface area contributed by atoms with Crippen molar-refractivity contribution in [1.29, 1.82) is 5.26 Å². The van der Waals surface area contributed by atoms with E-state index < -0.39 is 20.8 Å². The van der Waals surface area contributed by atoms with Crippen LogP contribution in [-0.4, -0.2) is 64.6 Å². The molecule has 0 bridgehead atoms. The summed E-state index contributed by atoms with van der Waals surface area (Å²) in [6.07, 6.45) is 1.31. The Morgan fingerprint density at radius 2 is 1.47 bits per heavy atom. The third-order valence-electron chi connectivity index (χ3n) is 3.87. The topological polar surface area (TPSA) is 155 Å². The predicted octanol–water partition coefficient (Wildman–Crippen LogP) is 2.11. The summed E-state index contributed by atoms with van der Waals surface area (Å²) in [6.45, 7) is 8.80. The van der Waals surface area contributed by atoms with Crippen LogP contribution in [0.1, 0.15) is 13.8 Å². The molecule has 0 radical (unpaired) electrons. The molecule has 1 aliphatic heterocycles. The van der Waals surface area contributed by atoms with Gasteiger partial charge in [0.2, 0.25) is 6.17 Å². The number of nitrogens with one attached hydrogen (secondary N) is 1. The van der Waals surface area contributed by atoms with Crippen molar-refractivity contribution in [2.75, 3.05) is 26.3 Å². The Labute approximate surface area is 223 Å². The molecular formula is C23H31F2N5O6S2. The van der Waals surface area contributed by atoms with Crippen LogP contribution in [0.4, 0.5) is 7.77 Å². The van der Waals surface area contributed by atoms with Crippen molar-refractivity contribution >= 4 is 33.8 Å². The minimum atomic E-state index is -4.66. The molecule has 0 aromatic heterocycles. The zero-order chi connectivity index (χ0) is 29.0. The lowest BCUT2D eigenvalue weighted by atomic mass is 10.3. The monoisotopic (exact) mass is 575 g/mol. The van der Waals surface area contributed by atoms with Gasteiger partial charge in [-0.3, -0.25) is 0 Å². The molecule has 210 valence electrons. The van der Waals surface area contributed by atoms with Crippen molar-refractivity contribution in [2.24, 2.45) is 5.73 Å². The summed E-state index contributed by atoms with van der Waals surface area (Å²) in [5, 5.41) is 7.32. The van der Waals surface area contributed by atoms with E-state index >= 15 is 0 Å². The van der Waals surface area contributed by atoms with Crippen molar-refractivity contribution in [3.05, 3.63) is 73.4 Å². The summed E-state index contributed by atoms with van der Waals surface area (Å²) in [6, 6.07) is 20.3. The fourth-order valence-electron chi connectivity index (χ4n) is 2.26. The van der Waals surface area contributed by atoms with Gasteiger partial charge in [0.05, 0.1) is 6.07 Å². The average Bonchev–Trinajstić information content (AvgIpc) is 3.21. The number of para-hydroxylation sites is 2. The van der Waals surface area contributed by atoms with E-state index in [1.807, 2.05) is 36.4 Å². The summed E-state index contributed by atoms with van der Waals surface area (Å²) < 4.78 is 78.7. The normalized spacial score (nSPS) is 12.1. The molecule has 0 saturated carbocycles. The number of rotatable bonds is 9. The Bertz CT molecular complexity index is 1240. The van der Waals surface area contributed by atoms with Crippen LogP contribution < -0.4 is 19.9 Å². The van der Waals surface area contributed by atoms with Gasteiger partial charge in [0, 0.05) is 26.6 Å². The average molecular weight is 576 g/mol. The molecule has 0 aliphatic carbocycles. The van der Waals surface area contributed by atoms with Gasteiger partial charge in [0.15, 0.2) is 0 Å². The molecular weight excluding hydrogens is 544 g/mol. The second-order valence-corrected chi connectivity index (χ2v) is 9.10. The lowest BCUT2D eigenvalue weighted by molar-refractivity contribution is -0.585. The fraction of sp³-hybridized carbons (Fsp3) is 0.261. The lowest BCUT2D eigenvalue weighted by Gasteiger charge is -2.08. The van der Waals surface area contributed by atoms with Crippen molar-refractivity contribution in [3.63, 3.8) is 0 Å². The van der Waals surface area contributed by atoms with Gasteiger partial charge < -0.3 is 19.8 Å². The molecule has 0 fully saturated rings. The van der Waals surface area contributed by atoms with E-state index in [0.29, 0.717) is 22.9 Å². The largest absolute Gasteiger partial charge is 0.536 e. The molecule has 11 nitrogen and oxygen atoms in total. The first-order chi connectivity index (χ1) is 17.9. The quantitative estimate of drug-likeness (QED) is 0.199. The van der Waals surface area contributed by atoms with E-state index in [0.717, 1.165) is 12.0 Å². The Balaban J connectivity index is 0.000000520. The molecule has 38 heavy (non-hydrogen) atoms. The minimum absolute atomic E-state index is 0.0896. The van der Waals surface area contributed by atoms with E-state index in [4.69, 9.17) is 20.5 Å². The van der Waals surface area contributed by atoms with Crippen LogP contribution in [0.3, 0.4) is 0 Å². The molecule has 0 amide bonds. The highest BCUT2D eigenvalue weighted by Crippen LogP contribution is 2.14. The molecule has 1 heterocycles. The highest BCUT2D eigenvalue weighted by molar-refractivity contribution is 7.84. The first-order valence-electron chi connectivity index (χ1n) is 10.8. The Kier molecular flexibility index (Phi) is 16.7. The van der Waals surface area contributed by atoms with Gasteiger partial charge in [-0.1, -0.05) is 50.9 Å². The van der Waals surface area contributed by atoms with E-state index in [1.165, 1.54) is 25.0 Å². The van der Waals surface area contributed by atoms with Crippen LogP contribution in [0.2, 0.25) is 0 Å². The molecule has 3 N–H and O–H groups in total. The van der Waals surface area contributed by atoms with Gasteiger partial charge >= 0.3 is 20.8 Å². The molecule has 2 aromatic carbocycles. The van der Waals surface area contributed by atoms with Gasteiger partial charge in [-0.25, -0.2) is 0 Å². The van der Waals surface area contributed by atoms with Crippen LogP contribution in [0.5, 0.6) is 11.5 Å². The number of halogens is 2. The summed E-state index contributed by atoms with van der Waals surface area (Å²) in [5.74, 6) is 1.50. The highest BCUT2D eigenvalue weighted by Gasteiger charge is 2.31. The van der Waals surface area contributed by atoms with E-state index in [-0.39, 0.29) is 19.3 Å². The number of benzene rings is 2. The predicted molar refractivity (Wildman–Crippen MR) is 139 cm³/mol. The van der Waals surface area contributed by atoms with E-state index in [2.05, 4.69) is 6.72 Å². The zero-order valence-corrected chi connectivity index (χ0v) is 22.5. The van der Waals surface area contributed by atoms with Gasteiger partial charge in [0.1, 0.15) is 30.9 Å². The van der Waals surface area contributed by atoms with Crippen molar-refractivity contribution in [2.45, 2.75) is 13.8 Å². The van der Waals surface area contributed by atoms with Crippen molar-refractivity contribution < 1.29 is 42.6 Å². The Morgan fingerprint density at radius 1 is 1.03 bits per heavy atom. The molecule has 3 rings (SSSR count). The third-order valence-corrected chi connectivity index (χ3v) is 5.27. The number of hydrogen-bond acceptors (Lipinski definition) is 8. The molecule has 15 heteroatoms. The number of nitrogens with zero attached hydrogens (tertiary/aromatic N) is 3. The molecule has 0 unspecified atom stereocenters. The van der Waals surface area contributed by atoms with E-state index in [9.17, 15) is 24.6 Å². The molecule has 0 saturated heterocycles. The number of nitriles is 1. The van der Waals surface area contributed by atoms with E-state index in [1.54, 1.807) is 35.1 Å².